The monoisotopic (exact) mass is 327 g/mol. The van der Waals surface area contributed by atoms with Crippen LogP contribution in [0.15, 0.2) is 54.6 Å². The van der Waals surface area contributed by atoms with E-state index in [0.717, 1.165) is 12.0 Å². The number of carbonyl (C=O) groups excluding carboxylic acids is 1. The molecule has 24 heavy (non-hydrogen) atoms. The first-order chi connectivity index (χ1) is 11.6. The average Bonchev–Trinajstić information content (AvgIpc) is 2.59. The van der Waals surface area contributed by atoms with Gasteiger partial charge in [0.2, 0.25) is 5.91 Å². The van der Waals surface area contributed by atoms with Crippen molar-refractivity contribution in [1.82, 2.24) is 4.90 Å². The molecule has 2 rings (SSSR count). The van der Waals surface area contributed by atoms with Crippen molar-refractivity contribution in [1.29, 1.82) is 0 Å². The molecule has 0 unspecified atom stereocenters. The minimum absolute atomic E-state index is 0.00467. The van der Waals surface area contributed by atoms with Gasteiger partial charge < -0.3 is 10.6 Å². The van der Waals surface area contributed by atoms with Crippen molar-refractivity contribution < 1.29 is 9.72 Å². The third kappa shape index (κ3) is 5.17. The van der Waals surface area contributed by atoms with Crippen LogP contribution in [0.3, 0.4) is 0 Å². The fraction of sp³-hybridized carbons (Fsp3) is 0.278. The highest BCUT2D eigenvalue weighted by atomic mass is 16.6. The van der Waals surface area contributed by atoms with Crippen molar-refractivity contribution >= 4 is 11.6 Å². The number of non-ortho nitro benzene ring substituents is 1. The van der Waals surface area contributed by atoms with Crippen LogP contribution in [0.5, 0.6) is 0 Å². The van der Waals surface area contributed by atoms with Crippen LogP contribution in [-0.4, -0.2) is 35.4 Å². The van der Waals surface area contributed by atoms with Crippen molar-refractivity contribution in [3.05, 3.63) is 75.8 Å². The molecule has 2 aromatic rings. The lowest BCUT2D eigenvalue weighted by Crippen LogP contribution is -2.37. The summed E-state index contributed by atoms with van der Waals surface area (Å²) in [5.74, 6) is -0.0723. The Hall–Kier alpha value is -2.73. The Bertz CT molecular complexity index is 689. The minimum Gasteiger partial charge on any atom is -0.341 e. The van der Waals surface area contributed by atoms with Gasteiger partial charge in [0.1, 0.15) is 0 Å². The third-order valence-electron chi connectivity index (χ3n) is 3.74. The Morgan fingerprint density at radius 2 is 1.75 bits per heavy atom. The fourth-order valence-corrected chi connectivity index (χ4v) is 2.49. The SMILES string of the molecule is NCCN(CCc1ccccc1)C(=O)Cc1cccc([N+](=O)[O-])c1. The van der Waals surface area contributed by atoms with Crippen LogP contribution in [-0.2, 0) is 17.6 Å². The smallest absolute Gasteiger partial charge is 0.269 e. The molecule has 0 bridgehead atoms. The Labute approximate surface area is 141 Å². The van der Waals surface area contributed by atoms with Crippen molar-refractivity contribution in [3.8, 4) is 0 Å². The zero-order valence-corrected chi connectivity index (χ0v) is 13.4. The van der Waals surface area contributed by atoms with E-state index in [2.05, 4.69) is 0 Å². The number of benzene rings is 2. The van der Waals surface area contributed by atoms with Gasteiger partial charge in [-0.2, -0.15) is 0 Å². The second-order valence-electron chi connectivity index (χ2n) is 5.51. The van der Waals surface area contributed by atoms with Crippen LogP contribution in [0.4, 0.5) is 5.69 Å². The highest BCUT2D eigenvalue weighted by Crippen LogP contribution is 2.14. The van der Waals surface area contributed by atoms with Crippen LogP contribution in [0, 0.1) is 10.1 Å². The summed E-state index contributed by atoms with van der Waals surface area (Å²) in [7, 11) is 0. The van der Waals surface area contributed by atoms with Crippen molar-refractivity contribution in [3.63, 3.8) is 0 Å². The van der Waals surface area contributed by atoms with Gasteiger partial charge in [0.25, 0.3) is 5.69 Å². The maximum atomic E-state index is 12.5. The van der Waals surface area contributed by atoms with Gasteiger partial charge in [-0.15, -0.1) is 0 Å². The van der Waals surface area contributed by atoms with Crippen molar-refractivity contribution in [2.45, 2.75) is 12.8 Å². The average molecular weight is 327 g/mol. The molecule has 126 valence electrons. The summed E-state index contributed by atoms with van der Waals surface area (Å²) < 4.78 is 0. The van der Waals surface area contributed by atoms with Gasteiger partial charge >= 0.3 is 0 Å². The van der Waals surface area contributed by atoms with Crippen LogP contribution in [0.1, 0.15) is 11.1 Å². The summed E-state index contributed by atoms with van der Waals surface area (Å²) in [6.07, 6.45) is 0.887. The molecule has 0 saturated heterocycles. The molecular weight excluding hydrogens is 306 g/mol. The normalized spacial score (nSPS) is 10.4. The number of hydrogen-bond acceptors (Lipinski definition) is 4. The first-order valence-electron chi connectivity index (χ1n) is 7.85. The van der Waals surface area contributed by atoms with E-state index in [1.165, 1.54) is 12.1 Å². The lowest BCUT2D eigenvalue weighted by atomic mass is 10.1. The maximum Gasteiger partial charge on any atom is 0.269 e. The van der Waals surface area contributed by atoms with E-state index in [9.17, 15) is 14.9 Å². The summed E-state index contributed by atoms with van der Waals surface area (Å²) in [6, 6.07) is 16.1. The van der Waals surface area contributed by atoms with Gasteiger partial charge in [0.15, 0.2) is 0 Å². The van der Waals surface area contributed by atoms with Gasteiger partial charge in [-0.25, -0.2) is 0 Å². The summed E-state index contributed by atoms with van der Waals surface area (Å²) in [5, 5.41) is 10.8. The first kappa shape index (κ1) is 17.6. The van der Waals surface area contributed by atoms with Crippen molar-refractivity contribution in [2.24, 2.45) is 5.73 Å². The van der Waals surface area contributed by atoms with Gasteiger partial charge in [0.05, 0.1) is 11.3 Å². The van der Waals surface area contributed by atoms with Crippen LogP contribution >= 0.6 is 0 Å². The number of nitrogens with two attached hydrogens (primary N) is 1. The molecule has 2 aromatic carbocycles. The molecule has 6 nitrogen and oxygen atoms in total. The Morgan fingerprint density at radius 1 is 1.04 bits per heavy atom. The third-order valence-corrected chi connectivity index (χ3v) is 3.74. The van der Waals surface area contributed by atoms with Gasteiger partial charge in [-0.05, 0) is 17.5 Å². The molecule has 0 aromatic heterocycles. The van der Waals surface area contributed by atoms with E-state index in [1.807, 2.05) is 30.3 Å². The molecule has 0 radical (unpaired) electrons. The maximum absolute atomic E-state index is 12.5. The van der Waals surface area contributed by atoms with E-state index in [0.29, 0.717) is 25.2 Å². The predicted molar refractivity (Wildman–Crippen MR) is 92.6 cm³/mol. The Kier molecular flexibility index (Phi) is 6.45. The predicted octanol–water partition coefficient (Wildman–Crippen LogP) is 2.17. The molecule has 1 amide bonds. The number of amides is 1. The number of nitro benzene ring substituents is 1. The standard InChI is InChI=1S/C18H21N3O3/c19-10-12-20(11-9-15-5-2-1-3-6-15)18(22)14-16-7-4-8-17(13-16)21(23)24/h1-8,13H,9-12,14,19H2. The lowest BCUT2D eigenvalue weighted by Gasteiger charge is -2.22. The lowest BCUT2D eigenvalue weighted by molar-refractivity contribution is -0.384. The van der Waals surface area contributed by atoms with E-state index in [1.54, 1.807) is 17.0 Å². The molecule has 0 atom stereocenters. The molecule has 2 N–H and O–H groups in total. The largest absolute Gasteiger partial charge is 0.341 e. The molecule has 0 aliphatic rings. The van der Waals surface area contributed by atoms with Crippen LogP contribution in [0.2, 0.25) is 0 Å². The summed E-state index contributed by atoms with van der Waals surface area (Å²) in [5.41, 5.74) is 7.40. The van der Waals surface area contributed by atoms with E-state index >= 15 is 0 Å². The number of nitrogens with zero attached hydrogens (tertiary/aromatic N) is 2. The van der Waals surface area contributed by atoms with E-state index < -0.39 is 4.92 Å². The van der Waals surface area contributed by atoms with E-state index in [-0.39, 0.29) is 18.0 Å². The second-order valence-corrected chi connectivity index (χ2v) is 5.51. The number of nitro groups is 1. The minimum atomic E-state index is -0.457. The number of carbonyl (C=O) groups is 1. The Balaban J connectivity index is 2.00. The summed E-state index contributed by atoms with van der Waals surface area (Å²) in [6.45, 7) is 1.44. The molecule has 0 saturated carbocycles. The molecule has 0 fully saturated rings. The molecule has 0 spiro atoms. The van der Waals surface area contributed by atoms with Gasteiger partial charge in [-0.3, -0.25) is 14.9 Å². The number of hydrogen-bond donors (Lipinski definition) is 1. The zero-order chi connectivity index (χ0) is 17.4. The topological polar surface area (TPSA) is 89.5 Å². The fourth-order valence-electron chi connectivity index (χ4n) is 2.49. The van der Waals surface area contributed by atoms with Crippen LogP contribution in [0.25, 0.3) is 0 Å². The van der Waals surface area contributed by atoms with Crippen molar-refractivity contribution in [2.75, 3.05) is 19.6 Å². The summed E-state index contributed by atoms with van der Waals surface area (Å²) >= 11 is 0. The second kappa shape index (κ2) is 8.79. The van der Waals surface area contributed by atoms with Crippen LogP contribution < -0.4 is 5.73 Å². The van der Waals surface area contributed by atoms with Gasteiger partial charge in [-0.1, -0.05) is 42.5 Å². The number of rotatable bonds is 8. The molecule has 0 heterocycles. The highest BCUT2D eigenvalue weighted by molar-refractivity contribution is 5.79. The molecular formula is C18H21N3O3. The molecule has 6 heteroatoms. The van der Waals surface area contributed by atoms with E-state index in [4.69, 9.17) is 5.73 Å². The zero-order valence-electron chi connectivity index (χ0n) is 13.4. The molecule has 0 aliphatic carbocycles. The van der Waals surface area contributed by atoms with Gasteiger partial charge in [0, 0.05) is 31.8 Å². The highest BCUT2D eigenvalue weighted by Gasteiger charge is 2.15. The molecule has 0 aliphatic heterocycles. The quantitative estimate of drug-likeness (QED) is 0.594. The summed E-state index contributed by atoms with van der Waals surface area (Å²) in [4.78, 5) is 24.6. The first-order valence-corrected chi connectivity index (χ1v) is 7.85. The Morgan fingerprint density at radius 3 is 2.42 bits per heavy atom.